The maximum Gasteiger partial charge on any atom is 0.254 e. The molecule has 3 aromatic rings. The van der Waals surface area contributed by atoms with Crippen LogP contribution < -0.4 is 16.4 Å². The van der Waals surface area contributed by atoms with Crippen LogP contribution in [-0.2, 0) is 6.54 Å². The minimum absolute atomic E-state index is 0.317. The fraction of sp³-hybridized carbons (Fsp3) is 0.360. The number of hydrogen-bond acceptors (Lipinski definition) is 7. The number of primary amides is 1. The van der Waals surface area contributed by atoms with Crippen molar-refractivity contribution in [1.29, 1.82) is 0 Å². The number of likely N-dealkylation sites (tertiary alicyclic amines) is 1. The van der Waals surface area contributed by atoms with Gasteiger partial charge in [0.1, 0.15) is 5.82 Å². The van der Waals surface area contributed by atoms with E-state index in [1.54, 1.807) is 0 Å². The second kappa shape index (κ2) is 9.54. The highest BCUT2D eigenvalue weighted by atomic mass is 16.1. The van der Waals surface area contributed by atoms with Gasteiger partial charge in [-0.25, -0.2) is 4.98 Å². The summed E-state index contributed by atoms with van der Waals surface area (Å²) in [7, 11) is 0. The fourth-order valence-corrected chi connectivity index (χ4v) is 4.30. The van der Waals surface area contributed by atoms with Crippen molar-refractivity contribution in [2.24, 2.45) is 5.73 Å². The average molecular weight is 444 g/mol. The monoisotopic (exact) mass is 443 g/mol. The molecule has 170 valence electrons. The standard InChI is InChI=1S/C25H29N7O/c26-23(33)22-15-28-25(31-24(22)29-20-7-8-20)30-21-5-3-18(4-6-21)19-9-12-32(13-10-19)16-17-2-1-11-27-14-17/h1-6,11,14-15,19-20H,7-10,12-13,16H2,(H2,26,33)(H2,28,29,30,31). The molecule has 8 nitrogen and oxygen atoms in total. The van der Waals surface area contributed by atoms with Crippen LogP contribution in [0.1, 0.15) is 53.1 Å². The smallest absolute Gasteiger partial charge is 0.254 e. The van der Waals surface area contributed by atoms with Crippen molar-refractivity contribution in [1.82, 2.24) is 19.9 Å². The first-order chi connectivity index (χ1) is 16.1. The molecule has 1 aromatic carbocycles. The molecule has 0 spiro atoms. The van der Waals surface area contributed by atoms with Gasteiger partial charge in [-0.15, -0.1) is 0 Å². The van der Waals surface area contributed by atoms with Gasteiger partial charge in [0.05, 0.1) is 5.56 Å². The molecule has 4 N–H and O–H groups in total. The summed E-state index contributed by atoms with van der Waals surface area (Å²) in [4.78, 5) is 27.1. The molecule has 1 saturated heterocycles. The zero-order chi connectivity index (χ0) is 22.6. The molecular formula is C25H29N7O. The van der Waals surface area contributed by atoms with Gasteiger partial charge >= 0.3 is 0 Å². The minimum Gasteiger partial charge on any atom is -0.367 e. The maximum absolute atomic E-state index is 11.7. The highest BCUT2D eigenvalue weighted by molar-refractivity contribution is 5.97. The van der Waals surface area contributed by atoms with E-state index in [4.69, 9.17) is 5.73 Å². The summed E-state index contributed by atoms with van der Waals surface area (Å²) in [6.07, 6.45) is 9.72. The Hall–Kier alpha value is -3.52. The molecule has 5 rings (SSSR count). The van der Waals surface area contributed by atoms with Crippen LogP contribution in [0.2, 0.25) is 0 Å². The quantitative estimate of drug-likeness (QED) is 0.487. The van der Waals surface area contributed by atoms with Crippen molar-refractivity contribution in [3.8, 4) is 0 Å². The van der Waals surface area contributed by atoms with Gasteiger partial charge in [0, 0.05) is 36.9 Å². The molecule has 2 fully saturated rings. The van der Waals surface area contributed by atoms with Crippen LogP contribution in [0, 0.1) is 0 Å². The summed E-state index contributed by atoms with van der Waals surface area (Å²) >= 11 is 0. The number of nitrogens with zero attached hydrogens (tertiary/aromatic N) is 4. The van der Waals surface area contributed by atoms with Crippen LogP contribution >= 0.6 is 0 Å². The average Bonchev–Trinajstić information content (AvgIpc) is 3.65. The Bertz CT molecular complexity index is 1090. The molecule has 1 aliphatic carbocycles. The third kappa shape index (κ3) is 5.46. The topological polar surface area (TPSA) is 109 Å². The molecule has 0 atom stereocenters. The number of carbonyl (C=O) groups is 1. The van der Waals surface area contributed by atoms with Gasteiger partial charge in [0.15, 0.2) is 0 Å². The van der Waals surface area contributed by atoms with Crippen LogP contribution in [-0.4, -0.2) is 44.9 Å². The second-order valence-electron chi connectivity index (χ2n) is 8.90. The van der Waals surface area contributed by atoms with E-state index in [0.717, 1.165) is 51.0 Å². The van der Waals surface area contributed by atoms with Crippen LogP contribution in [0.4, 0.5) is 17.5 Å². The fourth-order valence-electron chi connectivity index (χ4n) is 4.30. The molecule has 1 saturated carbocycles. The molecular weight excluding hydrogens is 414 g/mol. The van der Waals surface area contributed by atoms with E-state index in [9.17, 15) is 4.79 Å². The predicted molar refractivity (Wildman–Crippen MR) is 128 cm³/mol. The summed E-state index contributed by atoms with van der Waals surface area (Å²) < 4.78 is 0. The van der Waals surface area contributed by atoms with E-state index in [1.807, 2.05) is 18.5 Å². The molecule has 33 heavy (non-hydrogen) atoms. The lowest BCUT2D eigenvalue weighted by molar-refractivity contribution is 0.100. The van der Waals surface area contributed by atoms with E-state index in [0.29, 0.717) is 29.3 Å². The molecule has 3 heterocycles. The number of amides is 1. The van der Waals surface area contributed by atoms with Crippen molar-refractivity contribution in [3.05, 3.63) is 71.7 Å². The lowest BCUT2D eigenvalue weighted by atomic mass is 9.89. The first-order valence-corrected chi connectivity index (χ1v) is 11.6. The zero-order valence-electron chi connectivity index (χ0n) is 18.6. The Kier molecular flexibility index (Phi) is 6.17. The van der Waals surface area contributed by atoms with Crippen LogP contribution in [0.25, 0.3) is 0 Å². The van der Waals surface area contributed by atoms with Crippen LogP contribution in [0.5, 0.6) is 0 Å². The van der Waals surface area contributed by atoms with Gasteiger partial charge in [0.25, 0.3) is 5.91 Å². The summed E-state index contributed by atoms with van der Waals surface area (Å²) in [5, 5.41) is 6.50. The van der Waals surface area contributed by atoms with Gasteiger partial charge in [-0.3, -0.25) is 14.7 Å². The molecule has 2 aliphatic rings. The Morgan fingerprint density at radius 2 is 1.85 bits per heavy atom. The third-order valence-electron chi connectivity index (χ3n) is 6.33. The number of pyridine rings is 1. The lowest BCUT2D eigenvalue weighted by Crippen LogP contribution is -2.32. The first kappa shape index (κ1) is 21.3. The largest absolute Gasteiger partial charge is 0.367 e. The summed E-state index contributed by atoms with van der Waals surface area (Å²) in [5.74, 6) is 0.988. The SMILES string of the molecule is NC(=O)c1cnc(Nc2ccc(C3CCN(Cc4cccnc4)CC3)cc2)nc1NC1CC1. The number of piperidine rings is 1. The third-order valence-corrected chi connectivity index (χ3v) is 6.33. The van der Waals surface area contributed by atoms with Crippen molar-refractivity contribution in [2.75, 3.05) is 23.7 Å². The van der Waals surface area contributed by atoms with Crippen molar-refractivity contribution in [3.63, 3.8) is 0 Å². The highest BCUT2D eigenvalue weighted by Crippen LogP contribution is 2.30. The maximum atomic E-state index is 11.7. The number of hydrogen-bond donors (Lipinski definition) is 3. The van der Waals surface area contributed by atoms with Crippen molar-refractivity contribution in [2.45, 2.75) is 44.2 Å². The van der Waals surface area contributed by atoms with Gasteiger partial charge in [-0.2, -0.15) is 4.98 Å². The molecule has 8 heteroatoms. The van der Waals surface area contributed by atoms with E-state index in [1.165, 1.54) is 17.3 Å². The Morgan fingerprint density at radius 3 is 2.52 bits per heavy atom. The normalized spacial score (nSPS) is 17.0. The van der Waals surface area contributed by atoms with E-state index in [2.05, 4.69) is 60.8 Å². The zero-order valence-corrected chi connectivity index (χ0v) is 18.6. The van der Waals surface area contributed by atoms with E-state index >= 15 is 0 Å². The molecule has 1 amide bonds. The second-order valence-corrected chi connectivity index (χ2v) is 8.90. The van der Waals surface area contributed by atoms with Crippen LogP contribution in [0.15, 0.2) is 55.0 Å². The molecule has 0 bridgehead atoms. The molecule has 0 unspecified atom stereocenters. The van der Waals surface area contributed by atoms with Gasteiger partial charge in [-0.1, -0.05) is 18.2 Å². The molecule has 0 radical (unpaired) electrons. The van der Waals surface area contributed by atoms with Gasteiger partial charge in [0.2, 0.25) is 5.95 Å². The number of nitrogens with one attached hydrogen (secondary N) is 2. The van der Waals surface area contributed by atoms with Crippen molar-refractivity contribution >= 4 is 23.4 Å². The van der Waals surface area contributed by atoms with Crippen LogP contribution in [0.3, 0.4) is 0 Å². The number of aromatic nitrogens is 3. The first-order valence-electron chi connectivity index (χ1n) is 11.6. The number of nitrogens with two attached hydrogens (primary N) is 1. The summed E-state index contributed by atoms with van der Waals surface area (Å²) in [5.41, 5.74) is 9.33. The van der Waals surface area contributed by atoms with Crippen molar-refractivity contribution < 1.29 is 4.79 Å². The Balaban J connectivity index is 1.18. The lowest BCUT2D eigenvalue weighted by Gasteiger charge is -2.32. The highest BCUT2D eigenvalue weighted by Gasteiger charge is 2.24. The summed E-state index contributed by atoms with van der Waals surface area (Å²) in [6.45, 7) is 3.16. The van der Waals surface area contributed by atoms with Gasteiger partial charge in [-0.05, 0) is 74.0 Å². The molecule has 1 aliphatic heterocycles. The van der Waals surface area contributed by atoms with Gasteiger partial charge < -0.3 is 16.4 Å². The summed E-state index contributed by atoms with van der Waals surface area (Å²) in [6, 6.07) is 13.0. The number of anilines is 3. The number of rotatable bonds is 8. The minimum atomic E-state index is -0.527. The number of benzene rings is 1. The van der Waals surface area contributed by atoms with E-state index < -0.39 is 5.91 Å². The molecule has 2 aromatic heterocycles. The number of carbonyl (C=O) groups excluding carboxylic acids is 1. The Morgan fingerprint density at radius 1 is 1.06 bits per heavy atom. The van der Waals surface area contributed by atoms with E-state index in [-0.39, 0.29) is 0 Å². The Labute approximate surface area is 193 Å². The predicted octanol–water partition coefficient (Wildman–Crippen LogP) is 3.67.